The van der Waals surface area contributed by atoms with E-state index in [1.807, 2.05) is 12.1 Å². The van der Waals surface area contributed by atoms with Gasteiger partial charge in [0, 0.05) is 11.8 Å². The first-order chi connectivity index (χ1) is 9.06. The van der Waals surface area contributed by atoms with E-state index in [-0.39, 0.29) is 5.75 Å². The number of nitrogens with two attached hydrogens (primary N) is 1. The van der Waals surface area contributed by atoms with Crippen LogP contribution in [0.2, 0.25) is 0 Å². The second kappa shape index (κ2) is 5.74. The van der Waals surface area contributed by atoms with Crippen LogP contribution in [0.1, 0.15) is 30.9 Å². The Morgan fingerprint density at radius 2 is 1.79 bits per heavy atom. The number of ether oxygens (including phenoxy) is 1. The molecule has 2 nitrogen and oxygen atoms in total. The van der Waals surface area contributed by atoms with E-state index in [1.165, 1.54) is 11.6 Å². The summed E-state index contributed by atoms with van der Waals surface area (Å²) in [5.41, 5.74) is 8.17. The van der Waals surface area contributed by atoms with Crippen molar-refractivity contribution in [2.75, 3.05) is 5.73 Å². The second-order valence-corrected chi connectivity index (χ2v) is 4.87. The van der Waals surface area contributed by atoms with Crippen molar-refractivity contribution in [3.63, 3.8) is 0 Å². The number of nitrogen functional groups attached to an aromatic ring is 1. The summed E-state index contributed by atoms with van der Waals surface area (Å²) in [5, 5.41) is 0. The number of benzene rings is 2. The van der Waals surface area contributed by atoms with Crippen LogP contribution in [0.25, 0.3) is 0 Å². The SMILES string of the molecule is CC(C)c1ccc(COc2ccc(N)cc2F)cc1. The van der Waals surface area contributed by atoms with Gasteiger partial charge in [0.25, 0.3) is 0 Å². The predicted octanol–water partition coefficient (Wildman–Crippen LogP) is 4.11. The zero-order chi connectivity index (χ0) is 13.8. The van der Waals surface area contributed by atoms with Crippen molar-refractivity contribution in [3.8, 4) is 5.75 Å². The summed E-state index contributed by atoms with van der Waals surface area (Å²) < 4.78 is 19.0. The lowest BCUT2D eigenvalue weighted by atomic mass is 10.0. The molecule has 0 bridgehead atoms. The minimum atomic E-state index is -0.432. The molecule has 0 aliphatic rings. The Balaban J connectivity index is 2.02. The van der Waals surface area contributed by atoms with E-state index in [9.17, 15) is 4.39 Å². The fourth-order valence-electron chi connectivity index (χ4n) is 1.79. The van der Waals surface area contributed by atoms with E-state index in [0.29, 0.717) is 18.2 Å². The highest BCUT2D eigenvalue weighted by molar-refractivity contribution is 5.42. The molecule has 2 aromatic rings. The highest BCUT2D eigenvalue weighted by Crippen LogP contribution is 2.21. The monoisotopic (exact) mass is 259 g/mol. The second-order valence-electron chi connectivity index (χ2n) is 4.87. The smallest absolute Gasteiger partial charge is 0.167 e. The molecule has 0 aromatic heterocycles. The van der Waals surface area contributed by atoms with Gasteiger partial charge in [-0.05, 0) is 29.2 Å². The Morgan fingerprint density at radius 1 is 1.11 bits per heavy atom. The standard InChI is InChI=1S/C16H18FNO/c1-11(2)13-5-3-12(4-6-13)10-19-16-8-7-14(18)9-15(16)17/h3-9,11H,10,18H2,1-2H3. The number of rotatable bonds is 4. The van der Waals surface area contributed by atoms with Gasteiger partial charge in [0.05, 0.1) is 0 Å². The van der Waals surface area contributed by atoms with Gasteiger partial charge in [-0.3, -0.25) is 0 Å². The van der Waals surface area contributed by atoms with Crippen molar-refractivity contribution in [1.82, 2.24) is 0 Å². The fourth-order valence-corrected chi connectivity index (χ4v) is 1.79. The van der Waals surface area contributed by atoms with Gasteiger partial charge < -0.3 is 10.5 Å². The molecule has 0 saturated carbocycles. The van der Waals surface area contributed by atoms with Crippen molar-refractivity contribution in [1.29, 1.82) is 0 Å². The molecular formula is C16H18FNO. The van der Waals surface area contributed by atoms with Crippen LogP contribution in [0.4, 0.5) is 10.1 Å². The normalized spacial score (nSPS) is 10.7. The first-order valence-electron chi connectivity index (χ1n) is 6.33. The predicted molar refractivity (Wildman–Crippen MR) is 75.7 cm³/mol. The Morgan fingerprint density at radius 3 is 2.37 bits per heavy atom. The molecule has 0 heterocycles. The van der Waals surface area contributed by atoms with Crippen LogP contribution in [0.3, 0.4) is 0 Å². The van der Waals surface area contributed by atoms with Crippen LogP contribution in [0.15, 0.2) is 42.5 Å². The maximum atomic E-state index is 13.5. The van der Waals surface area contributed by atoms with Crippen LogP contribution >= 0.6 is 0 Å². The van der Waals surface area contributed by atoms with Gasteiger partial charge in [-0.1, -0.05) is 38.1 Å². The van der Waals surface area contributed by atoms with Crippen LogP contribution < -0.4 is 10.5 Å². The Bertz CT molecular complexity index is 549. The molecule has 100 valence electrons. The molecule has 0 saturated heterocycles. The third-order valence-corrected chi connectivity index (χ3v) is 3.00. The summed E-state index contributed by atoms with van der Waals surface area (Å²) in [4.78, 5) is 0. The maximum absolute atomic E-state index is 13.5. The molecule has 0 spiro atoms. The summed E-state index contributed by atoms with van der Waals surface area (Å²) in [5.74, 6) is 0.297. The van der Waals surface area contributed by atoms with Gasteiger partial charge in [-0.2, -0.15) is 0 Å². The van der Waals surface area contributed by atoms with Gasteiger partial charge in [-0.15, -0.1) is 0 Å². The quantitative estimate of drug-likeness (QED) is 0.839. The highest BCUT2D eigenvalue weighted by Gasteiger charge is 2.04. The van der Waals surface area contributed by atoms with Crippen molar-refractivity contribution >= 4 is 5.69 Å². The molecule has 0 aliphatic heterocycles. The summed E-state index contributed by atoms with van der Waals surface area (Å²) in [7, 11) is 0. The molecule has 2 N–H and O–H groups in total. The van der Waals surface area contributed by atoms with Crippen molar-refractivity contribution in [2.45, 2.75) is 26.4 Å². The highest BCUT2D eigenvalue weighted by atomic mass is 19.1. The molecule has 0 amide bonds. The lowest BCUT2D eigenvalue weighted by molar-refractivity contribution is 0.290. The molecule has 0 aliphatic carbocycles. The first-order valence-corrected chi connectivity index (χ1v) is 6.33. The number of hydrogen-bond acceptors (Lipinski definition) is 2. The number of halogens is 1. The summed E-state index contributed by atoms with van der Waals surface area (Å²) in [6.07, 6.45) is 0. The Hall–Kier alpha value is -2.03. The van der Waals surface area contributed by atoms with Crippen LogP contribution in [-0.2, 0) is 6.61 Å². The summed E-state index contributed by atoms with van der Waals surface area (Å²) in [6.45, 7) is 4.64. The molecule has 0 radical (unpaired) electrons. The van der Waals surface area contributed by atoms with E-state index >= 15 is 0 Å². The molecule has 0 unspecified atom stereocenters. The largest absolute Gasteiger partial charge is 0.486 e. The van der Waals surface area contributed by atoms with Crippen molar-refractivity contribution in [3.05, 3.63) is 59.4 Å². The van der Waals surface area contributed by atoms with E-state index in [1.54, 1.807) is 12.1 Å². The fraction of sp³-hybridized carbons (Fsp3) is 0.250. The molecule has 3 heteroatoms. The summed E-state index contributed by atoms with van der Waals surface area (Å²) in [6, 6.07) is 12.6. The van der Waals surface area contributed by atoms with E-state index < -0.39 is 5.82 Å². The lowest BCUT2D eigenvalue weighted by Crippen LogP contribution is -1.98. The minimum Gasteiger partial charge on any atom is -0.486 e. The van der Waals surface area contributed by atoms with Gasteiger partial charge in [0.1, 0.15) is 6.61 Å². The van der Waals surface area contributed by atoms with Gasteiger partial charge in [0.15, 0.2) is 11.6 Å². The van der Waals surface area contributed by atoms with Crippen molar-refractivity contribution < 1.29 is 9.13 Å². The van der Waals surface area contributed by atoms with Crippen LogP contribution in [0.5, 0.6) is 5.75 Å². The average Bonchev–Trinajstić information content (AvgIpc) is 2.38. The molecule has 0 fully saturated rings. The van der Waals surface area contributed by atoms with E-state index in [0.717, 1.165) is 5.56 Å². The summed E-state index contributed by atoms with van der Waals surface area (Å²) >= 11 is 0. The first kappa shape index (κ1) is 13.4. The minimum absolute atomic E-state index is 0.224. The Kier molecular flexibility index (Phi) is 4.05. The van der Waals surface area contributed by atoms with E-state index in [2.05, 4.69) is 26.0 Å². The molecule has 2 aromatic carbocycles. The zero-order valence-electron chi connectivity index (χ0n) is 11.2. The third-order valence-electron chi connectivity index (χ3n) is 3.00. The topological polar surface area (TPSA) is 35.2 Å². The third kappa shape index (κ3) is 3.47. The van der Waals surface area contributed by atoms with Gasteiger partial charge >= 0.3 is 0 Å². The lowest BCUT2D eigenvalue weighted by Gasteiger charge is -2.09. The zero-order valence-corrected chi connectivity index (χ0v) is 11.2. The van der Waals surface area contributed by atoms with Crippen LogP contribution in [-0.4, -0.2) is 0 Å². The average molecular weight is 259 g/mol. The number of anilines is 1. The molecule has 2 rings (SSSR count). The van der Waals surface area contributed by atoms with E-state index in [4.69, 9.17) is 10.5 Å². The molecular weight excluding hydrogens is 241 g/mol. The maximum Gasteiger partial charge on any atom is 0.167 e. The molecule has 19 heavy (non-hydrogen) atoms. The Labute approximate surface area is 113 Å². The van der Waals surface area contributed by atoms with Crippen molar-refractivity contribution in [2.24, 2.45) is 0 Å². The van der Waals surface area contributed by atoms with Gasteiger partial charge in [-0.25, -0.2) is 4.39 Å². The van der Waals surface area contributed by atoms with Crippen LogP contribution in [0, 0.1) is 5.82 Å². The molecule has 0 atom stereocenters. The number of hydrogen-bond donors (Lipinski definition) is 1. The van der Waals surface area contributed by atoms with Gasteiger partial charge in [0.2, 0.25) is 0 Å².